The van der Waals surface area contributed by atoms with Crippen LogP contribution in [0.3, 0.4) is 0 Å². The molecule has 0 unspecified atom stereocenters. The molecule has 0 aromatic heterocycles. The Bertz CT molecular complexity index is 1860. The molecule has 0 spiro atoms. The molecule has 13 heteroatoms. The second-order valence-electron chi connectivity index (χ2n) is 13.5. The number of rotatable bonds is 13. The Morgan fingerprint density at radius 2 is 1.57 bits per heavy atom. The summed E-state index contributed by atoms with van der Waals surface area (Å²) in [6.45, 7) is 8.16. The van der Waals surface area contributed by atoms with Crippen molar-refractivity contribution in [1.82, 2.24) is 15.5 Å². The van der Waals surface area contributed by atoms with Crippen LogP contribution < -0.4 is 15.5 Å². The number of anilines is 1. The fourth-order valence-electron chi connectivity index (χ4n) is 6.86. The van der Waals surface area contributed by atoms with Crippen molar-refractivity contribution in [2.75, 3.05) is 50.8 Å². The number of ether oxygens (including phenoxy) is 3. The minimum atomic E-state index is -0.604. The van der Waals surface area contributed by atoms with E-state index in [2.05, 4.69) is 27.4 Å². The number of carbonyl (C=O) groups is 2. The average Bonchev–Trinajstić information content (AvgIpc) is 3.20. The summed E-state index contributed by atoms with van der Waals surface area (Å²) in [6.07, 6.45) is -0.968. The number of nitro groups is 1. The summed E-state index contributed by atoms with van der Waals surface area (Å²) < 4.78 is 18.3. The van der Waals surface area contributed by atoms with Crippen LogP contribution in [0.1, 0.15) is 48.5 Å². The number of benzene rings is 4. The number of hydrogen-bond acceptors (Lipinski definition) is 10. The van der Waals surface area contributed by atoms with Crippen LogP contribution in [0.4, 0.5) is 16.2 Å². The van der Waals surface area contributed by atoms with Gasteiger partial charge in [-0.3, -0.25) is 19.8 Å². The Labute approximate surface area is 315 Å². The Balaban J connectivity index is 1.12. The van der Waals surface area contributed by atoms with Crippen LogP contribution in [-0.4, -0.2) is 78.9 Å². The zero-order chi connectivity index (χ0) is 38.0. The summed E-state index contributed by atoms with van der Waals surface area (Å²) in [4.78, 5) is 39.1. The molecule has 2 amide bonds. The van der Waals surface area contributed by atoms with Crippen molar-refractivity contribution >= 4 is 23.4 Å². The highest BCUT2D eigenvalue weighted by molar-refractivity contribution is 5.80. The summed E-state index contributed by atoms with van der Waals surface area (Å²) in [5.74, 6) is -0.451. The molecular formula is C41H47N5O8. The van der Waals surface area contributed by atoms with E-state index < -0.39 is 18.3 Å². The number of hydrogen-bond donors (Lipinski definition) is 3. The molecule has 54 heavy (non-hydrogen) atoms. The van der Waals surface area contributed by atoms with E-state index in [-0.39, 0.29) is 55.0 Å². The molecule has 0 bridgehead atoms. The van der Waals surface area contributed by atoms with E-state index in [1.165, 1.54) is 0 Å². The van der Waals surface area contributed by atoms with Gasteiger partial charge in [0.15, 0.2) is 6.29 Å². The van der Waals surface area contributed by atoms with Crippen LogP contribution in [0, 0.1) is 16.0 Å². The maximum absolute atomic E-state index is 12.2. The third kappa shape index (κ3) is 9.79. The Morgan fingerprint density at radius 1 is 0.870 bits per heavy atom. The van der Waals surface area contributed by atoms with Gasteiger partial charge in [0.2, 0.25) is 0 Å². The van der Waals surface area contributed by atoms with Gasteiger partial charge >= 0.3 is 12.0 Å². The lowest BCUT2D eigenvalue weighted by Crippen LogP contribution is -2.51. The maximum atomic E-state index is 12.2. The average molecular weight is 738 g/mol. The second kappa shape index (κ2) is 18.1. The molecular weight excluding hydrogens is 690 g/mol. The van der Waals surface area contributed by atoms with Crippen molar-refractivity contribution in [3.63, 3.8) is 0 Å². The van der Waals surface area contributed by atoms with Crippen LogP contribution in [0.5, 0.6) is 0 Å². The van der Waals surface area contributed by atoms with E-state index in [1.807, 2.05) is 84.9 Å². The molecule has 2 heterocycles. The smallest absolute Gasteiger partial charge is 0.325 e. The fraction of sp³-hybridized carbons (Fsp3) is 0.366. The lowest BCUT2D eigenvalue weighted by molar-refractivity contribution is -0.384. The lowest BCUT2D eigenvalue weighted by atomic mass is 9.89. The number of carbonyl (C=O) groups excluding carboxylic acids is 2. The normalized spacial score (nSPS) is 20.2. The van der Waals surface area contributed by atoms with Crippen molar-refractivity contribution in [2.24, 2.45) is 5.92 Å². The minimum Gasteiger partial charge on any atom is -0.465 e. The lowest BCUT2D eigenvalue weighted by Gasteiger charge is -2.44. The number of non-ortho nitro benzene ring substituents is 1. The molecule has 6 rings (SSSR count). The number of esters is 1. The highest BCUT2D eigenvalue weighted by Crippen LogP contribution is 2.42. The van der Waals surface area contributed by atoms with Gasteiger partial charge in [0.05, 0.1) is 30.3 Å². The van der Waals surface area contributed by atoms with E-state index in [9.17, 15) is 24.8 Å². The van der Waals surface area contributed by atoms with Crippen molar-refractivity contribution in [2.45, 2.75) is 45.5 Å². The molecule has 2 aliphatic heterocycles. The Morgan fingerprint density at radius 3 is 2.24 bits per heavy atom. The second-order valence-corrected chi connectivity index (χ2v) is 13.5. The van der Waals surface area contributed by atoms with Crippen LogP contribution in [0.2, 0.25) is 0 Å². The zero-order valence-corrected chi connectivity index (χ0v) is 30.6. The first-order chi connectivity index (χ1) is 26.2. The molecule has 4 aromatic carbocycles. The standard InChI is InChI=1S/C41H47N5O8/c1-3-52-38(48)25-43-41(49)42-24-30-5-4-6-34(23-30)31-11-13-33(14-12-31)40-53-37(28(2)39(54-40)32-9-7-29(27-47)8-10-32)26-44-19-21-45(22-20-44)35-15-17-36(18-16-35)46(50)51/h4-18,23,28,37,39-40,47H,3,19-22,24-27H2,1-2H3,(H2,42,43,49)/t28-,37+,39+,40+/m0/s1. The summed E-state index contributed by atoms with van der Waals surface area (Å²) in [5.41, 5.74) is 6.71. The van der Waals surface area contributed by atoms with Gasteiger partial charge in [-0.05, 0) is 52.9 Å². The van der Waals surface area contributed by atoms with Crippen LogP contribution in [-0.2, 0) is 32.2 Å². The molecule has 2 aliphatic rings. The highest BCUT2D eigenvalue weighted by atomic mass is 16.7. The molecule has 3 N–H and O–H groups in total. The molecule has 2 fully saturated rings. The van der Waals surface area contributed by atoms with E-state index in [1.54, 1.807) is 19.1 Å². The van der Waals surface area contributed by atoms with Crippen molar-refractivity contribution < 1.29 is 33.8 Å². The number of nitro benzene ring substituents is 1. The van der Waals surface area contributed by atoms with Gasteiger partial charge in [-0.25, -0.2) is 4.79 Å². The monoisotopic (exact) mass is 737 g/mol. The minimum absolute atomic E-state index is 0.0280. The largest absolute Gasteiger partial charge is 0.465 e. The number of aliphatic hydroxyl groups is 1. The first-order valence-electron chi connectivity index (χ1n) is 18.3. The topological polar surface area (TPSA) is 156 Å². The van der Waals surface area contributed by atoms with Crippen molar-refractivity contribution in [3.8, 4) is 11.1 Å². The number of nitrogens with one attached hydrogen (secondary N) is 2. The SMILES string of the molecule is CCOC(=O)CNC(=O)NCc1cccc(-c2ccc([C@@H]3O[C@H](CN4CCN(c5ccc([N+](=O)[O-])cc5)CC4)[C@H](C)[C@H](c4ccc(CO)cc4)O3)cc2)c1. The predicted molar refractivity (Wildman–Crippen MR) is 203 cm³/mol. The van der Waals surface area contributed by atoms with Crippen LogP contribution in [0.15, 0.2) is 97.1 Å². The molecule has 284 valence electrons. The quantitative estimate of drug-likeness (QED) is 0.0881. The fourth-order valence-corrected chi connectivity index (χ4v) is 6.86. The van der Waals surface area contributed by atoms with Gasteiger partial charge in [0, 0.05) is 68.6 Å². The van der Waals surface area contributed by atoms with E-state index >= 15 is 0 Å². The van der Waals surface area contributed by atoms with Gasteiger partial charge in [0.25, 0.3) is 5.69 Å². The summed E-state index contributed by atoms with van der Waals surface area (Å²) in [6, 6.07) is 30.2. The van der Waals surface area contributed by atoms with Gasteiger partial charge in [-0.2, -0.15) is 0 Å². The predicted octanol–water partition coefficient (Wildman–Crippen LogP) is 5.73. The summed E-state index contributed by atoms with van der Waals surface area (Å²) >= 11 is 0. The molecule has 2 saturated heterocycles. The number of nitrogens with zero attached hydrogens (tertiary/aromatic N) is 3. The van der Waals surface area contributed by atoms with Gasteiger partial charge in [-0.1, -0.05) is 73.7 Å². The maximum Gasteiger partial charge on any atom is 0.325 e. The molecule has 0 saturated carbocycles. The van der Waals surface area contributed by atoms with Gasteiger partial charge in [0.1, 0.15) is 6.54 Å². The summed E-state index contributed by atoms with van der Waals surface area (Å²) in [7, 11) is 0. The summed E-state index contributed by atoms with van der Waals surface area (Å²) in [5, 5.41) is 26.0. The number of piperazine rings is 1. The third-order valence-electron chi connectivity index (χ3n) is 9.95. The molecule has 4 aromatic rings. The molecule has 13 nitrogen and oxygen atoms in total. The van der Waals surface area contributed by atoms with E-state index in [0.717, 1.165) is 71.8 Å². The third-order valence-corrected chi connectivity index (χ3v) is 9.95. The van der Waals surface area contributed by atoms with Crippen molar-refractivity contribution in [3.05, 3.63) is 129 Å². The molecule has 0 radical (unpaired) electrons. The molecule has 0 aliphatic carbocycles. The van der Waals surface area contributed by atoms with Crippen LogP contribution in [0.25, 0.3) is 11.1 Å². The Hall–Kier alpha value is -5.34. The molecule has 4 atom stereocenters. The highest BCUT2D eigenvalue weighted by Gasteiger charge is 2.39. The van der Waals surface area contributed by atoms with E-state index in [0.29, 0.717) is 0 Å². The first-order valence-corrected chi connectivity index (χ1v) is 18.3. The van der Waals surface area contributed by atoms with E-state index in [4.69, 9.17) is 14.2 Å². The number of urea groups is 1. The van der Waals surface area contributed by atoms with Crippen molar-refractivity contribution in [1.29, 1.82) is 0 Å². The van der Waals surface area contributed by atoms with Crippen LogP contribution >= 0.6 is 0 Å². The number of amides is 2. The zero-order valence-electron chi connectivity index (χ0n) is 30.6. The van der Waals surface area contributed by atoms with Gasteiger partial charge < -0.3 is 34.9 Å². The first kappa shape index (κ1) is 38.4. The van der Waals surface area contributed by atoms with Gasteiger partial charge in [-0.15, -0.1) is 0 Å². The number of aliphatic hydroxyl groups excluding tert-OH is 1. The Kier molecular flexibility index (Phi) is 12.9.